The lowest BCUT2D eigenvalue weighted by atomic mass is 10.1. The standard InChI is InChI=1S/C20H18N4O6/c1-13(20(26)23-21-11-17-8-9-19(30-17)24(27)28)22-18(25)12-29-16-7-6-14-4-2-3-5-15(14)10-16/h2-11,13H,12H2,1H3,(H,22,25)(H,23,26)/b21-11+. The molecule has 0 spiro atoms. The van der Waals surface area contributed by atoms with E-state index in [-0.39, 0.29) is 12.4 Å². The molecular formula is C20H18N4O6. The molecule has 1 unspecified atom stereocenters. The Balaban J connectivity index is 1.44. The summed E-state index contributed by atoms with van der Waals surface area (Å²) in [4.78, 5) is 33.9. The number of furan rings is 1. The van der Waals surface area contributed by atoms with Gasteiger partial charge >= 0.3 is 5.88 Å². The van der Waals surface area contributed by atoms with Crippen molar-refractivity contribution < 1.29 is 23.7 Å². The lowest BCUT2D eigenvalue weighted by molar-refractivity contribution is -0.402. The zero-order valence-corrected chi connectivity index (χ0v) is 15.9. The van der Waals surface area contributed by atoms with Gasteiger partial charge in [-0.15, -0.1) is 0 Å². The lowest BCUT2D eigenvalue weighted by Gasteiger charge is -2.13. The predicted octanol–water partition coefficient (Wildman–Crippen LogP) is 2.37. The highest BCUT2D eigenvalue weighted by Crippen LogP contribution is 2.20. The Kier molecular flexibility index (Phi) is 6.38. The Hall–Kier alpha value is -4.21. The molecule has 2 aromatic carbocycles. The van der Waals surface area contributed by atoms with Crippen molar-refractivity contribution in [3.8, 4) is 5.75 Å². The molecule has 3 rings (SSSR count). The second kappa shape index (κ2) is 9.32. The number of ether oxygens (including phenoxy) is 1. The van der Waals surface area contributed by atoms with Crippen molar-refractivity contribution in [2.24, 2.45) is 5.10 Å². The van der Waals surface area contributed by atoms with Gasteiger partial charge in [0, 0.05) is 0 Å². The van der Waals surface area contributed by atoms with Gasteiger partial charge in [-0.25, -0.2) is 5.43 Å². The first kappa shape index (κ1) is 20.5. The van der Waals surface area contributed by atoms with Gasteiger partial charge in [0.1, 0.15) is 16.7 Å². The Bertz CT molecular complexity index is 1110. The number of nitrogens with one attached hydrogen (secondary N) is 2. The van der Waals surface area contributed by atoms with Crippen LogP contribution in [0, 0.1) is 10.1 Å². The maximum Gasteiger partial charge on any atom is 0.433 e. The van der Waals surface area contributed by atoms with Crippen molar-refractivity contribution in [2.75, 3.05) is 6.61 Å². The van der Waals surface area contributed by atoms with Crippen molar-refractivity contribution in [3.63, 3.8) is 0 Å². The predicted molar refractivity (Wildman–Crippen MR) is 108 cm³/mol. The van der Waals surface area contributed by atoms with E-state index >= 15 is 0 Å². The van der Waals surface area contributed by atoms with E-state index in [0.717, 1.165) is 17.0 Å². The van der Waals surface area contributed by atoms with Crippen LogP contribution in [0.3, 0.4) is 0 Å². The smallest absolute Gasteiger partial charge is 0.433 e. The summed E-state index contributed by atoms with van der Waals surface area (Å²) in [5, 5.41) is 18.7. The molecule has 1 heterocycles. The molecule has 0 fully saturated rings. The number of rotatable bonds is 8. The Morgan fingerprint density at radius 1 is 1.20 bits per heavy atom. The van der Waals surface area contributed by atoms with Crippen LogP contribution in [0.5, 0.6) is 5.75 Å². The number of carbonyl (C=O) groups is 2. The lowest BCUT2D eigenvalue weighted by Crippen LogP contribution is -2.45. The van der Waals surface area contributed by atoms with Crippen LogP contribution in [0.2, 0.25) is 0 Å². The number of benzene rings is 2. The summed E-state index contributed by atoms with van der Waals surface area (Å²) in [7, 11) is 0. The molecule has 154 valence electrons. The van der Waals surface area contributed by atoms with E-state index in [0.29, 0.717) is 5.75 Å². The quantitative estimate of drug-likeness (QED) is 0.332. The highest BCUT2D eigenvalue weighted by atomic mass is 16.6. The number of nitrogens with zero attached hydrogens (tertiary/aromatic N) is 2. The van der Waals surface area contributed by atoms with E-state index in [2.05, 4.69) is 15.8 Å². The molecule has 10 heteroatoms. The fourth-order valence-electron chi connectivity index (χ4n) is 2.52. The Labute approximate surface area is 170 Å². The van der Waals surface area contributed by atoms with E-state index in [1.807, 2.05) is 36.4 Å². The number of carbonyl (C=O) groups excluding carboxylic acids is 2. The fourth-order valence-corrected chi connectivity index (χ4v) is 2.52. The highest BCUT2D eigenvalue weighted by Gasteiger charge is 2.16. The molecule has 0 bridgehead atoms. The second-order valence-corrected chi connectivity index (χ2v) is 6.25. The maximum absolute atomic E-state index is 12.0. The topological polar surface area (TPSA) is 136 Å². The van der Waals surface area contributed by atoms with Gasteiger partial charge in [-0.1, -0.05) is 30.3 Å². The molecule has 0 radical (unpaired) electrons. The zero-order chi connectivity index (χ0) is 21.5. The largest absolute Gasteiger partial charge is 0.484 e. The van der Waals surface area contributed by atoms with Crippen LogP contribution in [0.4, 0.5) is 5.88 Å². The molecule has 30 heavy (non-hydrogen) atoms. The van der Waals surface area contributed by atoms with E-state index in [1.165, 1.54) is 19.1 Å². The summed E-state index contributed by atoms with van der Waals surface area (Å²) in [6, 6.07) is 14.9. The van der Waals surface area contributed by atoms with Gasteiger partial charge in [0.2, 0.25) is 0 Å². The summed E-state index contributed by atoms with van der Waals surface area (Å²) in [6.07, 6.45) is 1.11. The highest BCUT2D eigenvalue weighted by molar-refractivity contribution is 5.88. The van der Waals surface area contributed by atoms with Crippen molar-refractivity contribution >= 4 is 34.7 Å². The summed E-state index contributed by atoms with van der Waals surface area (Å²) in [5.74, 6) is -0.849. The summed E-state index contributed by atoms with van der Waals surface area (Å²) in [6.45, 7) is 1.23. The first-order valence-corrected chi connectivity index (χ1v) is 8.90. The van der Waals surface area contributed by atoms with Gasteiger partial charge in [-0.2, -0.15) is 5.10 Å². The number of hydrogen-bond acceptors (Lipinski definition) is 7. The molecule has 2 amide bonds. The molecule has 0 saturated heterocycles. The maximum atomic E-state index is 12.0. The average Bonchev–Trinajstić information content (AvgIpc) is 3.21. The van der Waals surface area contributed by atoms with E-state index in [1.54, 1.807) is 6.07 Å². The van der Waals surface area contributed by atoms with Crippen LogP contribution in [0.25, 0.3) is 10.8 Å². The van der Waals surface area contributed by atoms with Crippen LogP contribution in [0.1, 0.15) is 12.7 Å². The average molecular weight is 410 g/mol. The van der Waals surface area contributed by atoms with Crippen LogP contribution in [0.15, 0.2) is 64.1 Å². The fraction of sp³-hybridized carbons (Fsp3) is 0.150. The molecule has 1 atom stereocenters. The first-order valence-electron chi connectivity index (χ1n) is 8.90. The summed E-state index contributed by atoms with van der Waals surface area (Å²) >= 11 is 0. The van der Waals surface area contributed by atoms with Crippen LogP contribution < -0.4 is 15.5 Å². The molecule has 0 aliphatic heterocycles. The SMILES string of the molecule is CC(NC(=O)COc1ccc2ccccc2c1)C(=O)N/N=C/c1ccc([N+](=O)[O-])o1. The Morgan fingerprint density at radius 3 is 2.70 bits per heavy atom. The monoisotopic (exact) mass is 410 g/mol. The van der Waals surface area contributed by atoms with Crippen LogP contribution in [-0.2, 0) is 9.59 Å². The van der Waals surface area contributed by atoms with Gasteiger partial charge in [0.05, 0.1) is 12.3 Å². The minimum Gasteiger partial charge on any atom is -0.484 e. The number of amides is 2. The zero-order valence-electron chi connectivity index (χ0n) is 15.9. The molecule has 10 nitrogen and oxygen atoms in total. The van der Waals surface area contributed by atoms with Gasteiger partial charge in [-0.05, 0) is 35.9 Å². The molecule has 0 aliphatic rings. The van der Waals surface area contributed by atoms with Crippen LogP contribution in [-0.4, -0.2) is 35.6 Å². The molecule has 0 aliphatic carbocycles. The Morgan fingerprint density at radius 2 is 1.97 bits per heavy atom. The molecule has 2 N–H and O–H groups in total. The molecule has 3 aromatic rings. The van der Waals surface area contributed by atoms with Gasteiger partial charge in [0.15, 0.2) is 12.4 Å². The number of nitro groups is 1. The van der Waals surface area contributed by atoms with Gasteiger partial charge < -0.3 is 14.5 Å². The number of hydrazone groups is 1. The molecule has 0 saturated carbocycles. The first-order chi connectivity index (χ1) is 14.4. The normalized spacial score (nSPS) is 11.9. The van der Waals surface area contributed by atoms with Crippen molar-refractivity contribution in [3.05, 3.63) is 70.5 Å². The molecule has 1 aromatic heterocycles. The third-order valence-corrected chi connectivity index (χ3v) is 4.02. The second-order valence-electron chi connectivity index (χ2n) is 6.25. The van der Waals surface area contributed by atoms with E-state index in [4.69, 9.17) is 9.15 Å². The van der Waals surface area contributed by atoms with Crippen LogP contribution >= 0.6 is 0 Å². The summed E-state index contributed by atoms with van der Waals surface area (Å²) < 4.78 is 10.3. The van der Waals surface area contributed by atoms with Crippen molar-refractivity contribution in [1.82, 2.24) is 10.7 Å². The minimum atomic E-state index is -0.874. The van der Waals surface area contributed by atoms with Gasteiger partial charge in [0.25, 0.3) is 11.8 Å². The number of hydrogen-bond donors (Lipinski definition) is 2. The summed E-state index contributed by atoms with van der Waals surface area (Å²) in [5.41, 5.74) is 2.21. The van der Waals surface area contributed by atoms with Gasteiger partial charge in [-0.3, -0.25) is 19.7 Å². The molecular weight excluding hydrogens is 392 g/mol. The number of fused-ring (bicyclic) bond motifs is 1. The third-order valence-electron chi connectivity index (χ3n) is 4.02. The van der Waals surface area contributed by atoms with Crippen molar-refractivity contribution in [2.45, 2.75) is 13.0 Å². The minimum absolute atomic E-state index is 0.0995. The van der Waals surface area contributed by atoms with E-state index in [9.17, 15) is 19.7 Å². The van der Waals surface area contributed by atoms with E-state index < -0.39 is 28.7 Å². The third kappa shape index (κ3) is 5.41. The van der Waals surface area contributed by atoms with Crippen molar-refractivity contribution in [1.29, 1.82) is 0 Å².